The molecule has 28 heavy (non-hydrogen) atoms. The molecule has 0 amide bonds. The van der Waals surface area contributed by atoms with Crippen molar-refractivity contribution < 1.29 is 17.6 Å². The van der Waals surface area contributed by atoms with Crippen molar-refractivity contribution in [3.63, 3.8) is 0 Å². The zero-order valence-corrected chi connectivity index (χ0v) is 17.0. The molecule has 1 aliphatic rings. The van der Waals surface area contributed by atoms with E-state index >= 15 is 0 Å². The molecule has 0 bridgehead atoms. The van der Waals surface area contributed by atoms with Gasteiger partial charge >= 0.3 is 0 Å². The van der Waals surface area contributed by atoms with Crippen LogP contribution in [0.3, 0.4) is 0 Å². The zero-order valence-electron chi connectivity index (χ0n) is 15.4. The molecule has 1 fully saturated rings. The Hall–Kier alpha value is -2.26. The van der Waals surface area contributed by atoms with Gasteiger partial charge in [-0.3, -0.25) is 0 Å². The van der Waals surface area contributed by atoms with Gasteiger partial charge < -0.3 is 9.15 Å². The lowest BCUT2D eigenvalue weighted by molar-refractivity contribution is 0.0730. The molecule has 0 radical (unpaired) electrons. The Morgan fingerprint density at radius 1 is 1.07 bits per heavy atom. The van der Waals surface area contributed by atoms with Crippen molar-refractivity contribution in [1.29, 1.82) is 0 Å². The third kappa shape index (κ3) is 4.10. The molecule has 0 unspecified atom stereocenters. The zero-order chi connectivity index (χ0) is 19.6. The quantitative estimate of drug-likeness (QED) is 0.631. The second-order valence-corrected chi connectivity index (χ2v) is 9.23. The van der Waals surface area contributed by atoms with E-state index in [0.717, 1.165) is 16.3 Å². The number of ether oxygens (including phenoxy) is 1. The van der Waals surface area contributed by atoms with Crippen LogP contribution >= 0.6 is 11.3 Å². The monoisotopic (exact) mass is 416 g/mol. The predicted octanol–water partition coefficient (Wildman–Crippen LogP) is 3.90. The minimum Gasteiger partial charge on any atom is -0.457 e. The summed E-state index contributed by atoms with van der Waals surface area (Å²) in [5, 5.41) is 2.92. The molecule has 2 aromatic heterocycles. The third-order valence-corrected chi connectivity index (χ3v) is 7.24. The van der Waals surface area contributed by atoms with Crippen LogP contribution in [0.25, 0.3) is 23.5 Å². The van der Waals surface area contributed by atoms with E-state index in [1.54, 1.807) is 35.6 Å². The smallest absolute Gasteiger partial charge is 0.243 e. The van der Waals surface area contributed by atoms with Crippen LogP contribution in [-0.2, 0) is 14.8 Å². The van der Waals surface area contributed by atoms with Crippen LogP contribution in [0, 0.1) is 6.92 Å². The fourth-order valence-electron chi connectivity index (χ4n) is 2.93. The third-order valence-electron chi connectivity index (χ3n) is 4.40. The number of sulfonamides is 1. The minimum atomic E-state index is -3.49. The summed E-state index contributed by atoms with van der Waals surface area (Å²) in [5.41, 5.74) is 1.82. The first-order valence-electron chi connectivity index (χ1n) is 8.91. The van der Waals surface area contributed by atoms with Gasteiger partial charge in [-0.1, -0.05) is 0 Å². The van der Waals surface area contributed by atoms with Crippen LogP contribution in [0.2, 0.25) is 0 Å². The van der Waals surface area contributed by atoms with Crippen molar-refractivity contribution >= 4 is 33.5 Å². The molecule has 3 heterocycles. The summed E-state index contributed by atoms with van der Waals surface area (Å²) in [5.74, 6) is 1.40. The van der Waals surface area contributed by atoms with Gasteiger partial charge in [0.05, 0.1) is 18.1 Å². The molecule has 4 rings (SSSR count). The van der Waals surface area contributed by atoms with E-state index in [4.69, 9.17) is 9.15 Å². The van der Waals surface area contributed by atoms with E-state index < -0.39 is 10.0 Å². The number of hydrogen-bond donors (Lipinski definition) is 0. The molecule has 146 valence electrons. The normalized spacial score (nSPS) is 16.0. The van der Waals surface area contributed by atoms with Crippen LogP contribution in [0.5, 0.6) is 0 Å². The highest BCUT2D eigenvalue weighted by molar-refractivity contribution is 7.89. The van der Waals surface area contributed by atoms with E-state index in [-0.39, 0.29) is 4.90 Å². The topological polar surface area (TPSA) is 72.6 Å². The Morgan fingerprint density at radius 2 is 1.82 bits per heavy atom. The molecule has 0 N–H and O–H groups in total. The maximum Gasteiger partial charge on any atom is 0.243 e. The van der Waals surface area contributed by atoms with E-state index in [2.05, 4.69) is 4.98 Å². The number of nitrogens with zero attached hydrogens (tertiary/aromatic N) is 2. The Morgan fingerprint density at radius 3 is 2.50 bits per heavy atom. The molecular formula is C20H20N2O4S2. The summed E-state index contributed by atoms with van der Waals surface area (Å²) in [4.78, 5) is 4.66. The molecule has 1 saturated heterocycles. The van der Waals surface area contributed by atoms with Gasteiger partial charge in [0.25, 0.3) is 0 Å². The first kappa shape index (κ1) is 19.1. The number of furan rings is 1. The van der Waals surface area contributed by atoms with E-state index in [1.165, 1.54) is 4.31 Å². The second-order valence-electron chi connectivity index (χ2n) is 6.40. The predicted molar refractivity (Wildman–Crippen MR) is 110 cm³/mol. The SMILES string of the molecule is Cc1csc(C=Cc2ccc(-c3ccc(S(=O)(=O)N4CCOCC4)cc3)o2)n1. The minimum absolute atomic E-state index is 0.281. The summed E-state index contributed by atoms with van der Waals surface area (Å²) in [6.07, 6.45) is 3.79. The van der Waals surface area contributed by atoms with E-state index in [9.17, 15) is 8.42 Å². The van der Waals surface area contributed by atoms with Crippen molar-refractivity contribution in [2.75, 3.05) is 26.3 Å². The summed E-state index contributed by atoms with van der Waals surface area (Å²) < 4.78 is 37.9. The highest BCUT2D eigenvalue weighted by Crippen LogP contribution is 2.26. The van der Waals surface area contributed by atoms with Crippen molar-refractivity contribution in [1.82, 2.24) is 9.29 Å². The summed E-state index contributed by atoms with van der Waals surface area (Å²) in [6, 6.07) is 10.5. The Kier molecular flexibility index (Phi) is 5.45. The second kappa shape index (κ2) is 8.00. The van der Waals surface area contributed by atoms with Crippen LogP contribution in [0.15, 0.2) is 51.1 Å². The first-order valence-corrected chi connectivity index (χ1v) is 11.2. The highest BCUT2D eigenvalue weighted by Gasteiger charge is 2.26. The Labute approximate surface area is 168 Å². The fourth-order valence-corrected chi connectivity index (χ4v) is 5.02. The number of benzene rings is 1. The number of morpholine rings is 1. The van der Waals surface area contributed by atoms with Gasteiger partial charge in [-0.2, -0.15) is 4.31 Å². The molecule has 0 aliphatic carbocycles. The van der Waals surface area contributed by atoms with Gasteiger partial charge in [-0.25, -0.2) is 13.4 Å². The van der Waals surface area contributed by atoms with Gasteiger partial charge in [-0.15, -0.1) is 11.3 Å². The molecular weight excluding hydrogens is 396 g/mol. The Balaban J connectivity index is 1.50. The number of thiazole rings is 1. The summed E-state index contributed by atoms with van der Waals surface area (Å²) in [7, 11) is -3.49. The van der Waals surface area contributed by atoms with Crippen molar-refractivity contribution in [3.05, 3.63) is 58.2 Å². The van der Waals surface area contributed by atoms with Gasteiger partial charge in [0.1, 0.15) is 16.5 Å². The van der Waals surface area contributed by atoms with E-state index in [1.807, 2.05) is 36.6 Å². The number of hydrogen-bond acceptors (Lipinski definition) is 6. The standard InChI is InChI=1S/C20H20N2O4S2/c1-15-14-27-20(21-15)9-5-17-4-8-19(26-17)16-2-6-18(7-3-16)28(23,24)22-10-12-25-13-11-22/h2-9,14H,10-13H2,1H3. The summed E-state index contributed by atoms with van der Waals surface area (Å²) in [6.45, 7) is 3.59. The molecule has 1 aromatic carbocycles. The van der Waals surface area contributed by atoms with Crippen LogP contribution in [-0.4, -0.2) is 44.0 Å². The van der Waals surface area contributed by atoms with Crippen LogP contribution in [0.1, 0.15) is 16.5 Å². The number of rotatable bonds is 5. The van der Waals surface area contributed by atoms with Crippen LogP contribution < -0.4 is 0 Å². The average Bonchev–Trinajstić information content (AvgIpc) is 3.36. The molecule has 6 nitrogen and oxygen atoms in total. The molecule has 0 spiro atoms. The lowest BCUT2D eigenvalue weighted by Gasteiger charge is -2.26. The molecule has 8 heteroatoms. The summed E-state index contributed by atoms with van der Waals surface area (Å²) >= 11 is 1.58. The maximum absolute atomic E-state index is 12.7. The highest BCUT2D eigenvalue weighted by atomic mass is 32.2. The van der Waals surface area contributed by atoms with Crippen molar-refractivity contribution in [2.45, 2.75) is 11.8 Å². The lowest BCUT2D eigenvalue weighted by Crippen LogP contribution is -2.40. The molecule has 3 aromatic rings. The van der Waals surface area contributed by atoms with Gasteiger partial charge in [0.15, 0.2) is 0 Å². The molecule has 0 saturated carbocycles. The number of aromatic nitrogens is 1. The fraction of sp³-hybridized carbons (Fsp3) is 0.250. The van der Waals surface area contributed by atoms with E-state index in [0.29, 0.717) is 37.8 Å². The maximum atomic E-state index is 12.7. The van der Waals surface area contributed by atoms with Gasteiger partial charge in [0.2, 0.25) is 10.0 Å². The van der Waals surface area contributed by atoms with Crippen molar-refractivity contribution in [2.24, 2.45) is 0 Å². The largest absolute Gasteiger partial charge is 0.457 e. The number of aryl methyl sites for hydroxylation is 1. The lowest BCUT2D eigenvalue weighted by atomic mass is 10.2. The average molecular weight is 417 g/mol. The van der Waals surface area contributed by atoms with Gasteiger partial charge in [-0.05, 0) is 55.5 Å². The van der Waals surface area contributed by atoms with Gasteiger partial charge in [0, 0.05) is 29.7 Å². The van der Waals surface area contributed by atoms with Crippen LogP contribution in [0.4, 0.5) is 0 Å². The first-order chi connectivity index (χ1) is 13.5. The van der Waals surface area contributed by atoms with Crippen molar-refractivity contribution in [3.8, 4) is 11.3 Å². The molecule has 1 aliphatic heterocycles. The molecule has 0 atom stereocenters. The Bertz CT molecular complexity index is 1080.